The van der Waals surface area contributed by atoms with Crippen LogP contribution in [0.3, 0.4) is 0 Å². The fourth-order valence-electron chi connectivity index (χ4n) is 4.58. The largest absolute Gasteiger partial charge is 0.399 e. The maximum absolute atomic E-state index is 10.5. The number of halogens is 2. The molecule has 1 aromatic rings. The van der Waals surface area contributed by atoms with Crippen molar-refractivity contribution < 1.29 is 9.94 Å². The number of aliphatic hydroxyl groups is 1. The van der Waals surface area contributed by atoms with Gasteiger partial charge in [-0.1, -0.05) is 41.3 Å². The molecule has 1 N–H and O–H groups in total. The zero-order chi connectivity index (χ0) is 16.6. The molecule has 3 nitrogen and oxygen atoms in total. The van der Waals surface area contributed by atoms with Crippen molar-refractivity contribution in [3.8, 4) is 0 Å². The van der Waals surface area contributed by atoms with Crippen LogP contribution in [0.15, 0.2) is 23.4 Å². The van der Waals surface area contributed by atoms with Crippen LogP contribution >= 0.6 is 23.2 Å². The van der Waals surface area contributed by atoms with E-state index >= 15 is 0 Å². The molecule has 0 aliphatic heterocycles. The second-order valence-electron chi connectivity index (χ2n) is 6.73. The van der Waals surface area contributed by atoms with E-state index in [9.17, 15) is 5.11 Å². The number of aliphatic hydroxyl groups excluding tert-OH is 1. The summed E-state index contributed by atoms with van der Waals surface area (Å²) in [6.45, 7) is 2.09. The lowest BCUT2D eigenvalue weighted by molar-refractivity contribution is 0.106. The Morgan fingerprint density at radius 3 is 2.70 bits per heavy atom. The van der Waals surface area contributed by atoms with E-state index in [1.165, 1.54) is 5.56 Å². The molecule has 5 heteroatoms. The number of hydrogen-bond donors (Lipinski definition) is 1. The van der Waals surface area contributed by atoms with Crippen molar-refractivity contribution in [1.82, 2.24) is 0 Å². The van der Waals surface area contributed by atoms with Crippen molar-refractivity contribution in [3.63, 3.8) is 0 Å². The molecular formula is C18H23Cl2NO2. The third-order valence-corrected chi connectivity index (χ3v) is 6.22. The van der Waals surface area contributed by atoms with Crippen LogP contribution in [0.25, 0.3) is 0 Å². The molecule has 0 spiro atoms. The number of benzene rings is 1. The number of rotatable bonds is 4. The summed E-state index contributed by atoms with van der Waals surface area (Å²) in [5.41, 5.74) is 2.22. The smallest absolute Gasteiger partial charge is 0.106 e. The van der Waals surface area contributed by atoms with Gasteiger partial charge in [-0.2, -0.15) is 0 Å². The molecule has 0 heterocycles. The van der Waals surface area contributed by atoms with Crippen LogP contribution in [0.4, 0.5) is 0 Å². The highest BCUT2D eigenvalue weighted by Crippen LogP contribution is 2.53. The molecule has 2 unspecified atom stereocenters. The van der Waals surface area contributed by atoms with Crippen molar-refractivity contribution in [2.75, 3.05) is 7.11 Å². The van der Waals surface area contributed by atoms with Gasteiger partial charge < -0.3 is 9.94 Å². The first kappa shape index (κ1) is 17.1. The number of fused-ring (bicyclic) bond motifs is 2. The Balaban J connectivity index is 2.01. The van der Waals surface area contributed by atoms with Gasteiger partial charge in [0, 0.05) is 5.92 Å². The summed E-state index contributed by atoms with van der Waals surface area (Å²) in [6, 6.07) is 5.89. The van der Waals surface area contributed by atoms with Gasteiger partial charge in [0.25, 0.3) is 0 Å². The second-order valence-corrected chi connectivity index (χ2v) is 7.54. The van der Waals surface area contributed by atoms with Crippen molar-refractivity contribution in [2.45, 2.75) is 44.6 Å². The van der Waals surface area contributed by atoms with Gasteiger partial charge in [-0.05, 0) is 61.1 Å². The van der Waals surface area contributed by atoms with E-state index in [-0.39, 0.29) is 17.9 Å². The molecule has 2 saturated carbocycles. The standard InChI is InChI=1S/C18H23Cl2NO2/c1-3-16(21-23-2)18-12(6-10-7-13(18)17(22)8-10)11-4-5-14(19)15(20)9-11/h4-5,9-10,12-13,17-18,22H,3,6-8H2,1-2H3/t10?,12-,13+,17?,18+/m1/s1. The molecule has 2 bridgehead atoms. The summed E-state index contributed by atoms with van der Waals surface area (Å²) < 4.78 is 0. The van der Waals surface area contributed by atoms with Gasteiger partial charge in [-0.3, -0.25) is 0 Å². The minimum absolute atomic E-state index is 0.200. The average molecular weight is 356 g/mol. The van der Waals surface area contributed by atoms with Crippen molar-refractivity contribution in [3.05, 3.63) is 33.8 Å². The number of hydrogen-bond acceptors (Lipinski definition) is 3. The maximum Gasteiger partial charge on any atom is 0.106 e. The summed E-state index contributed by atoms with van der Waals surface area (Å²) in [6.07, 6.45) is 3.60. The van der Waals surface area contributed by atoms with E-state index < -0.39 is 0 Å². The lowest BCUT2D eigenvalue weighted by Gasteiger charge is -2.38. The molecule has 0 aromatic heterocycles. The quantitative estimate of drug-likeness (QED) is 0.616. The Labute approximate surface area is 147 Å². The second kappa shape index (κ2) is 7.00. The molecule has 23 heavy (non-hydrogen) atoms. The summed E-state index contributed by atoms with van der Waals surface area (Å²) in [5.74, 6) is 1.33. The van der Waals surface area contributed by atoms with Gasteiger partial charge in [0.2, 0.25) is 0 Å². The highest BCUT2D eigenvalue weighted by Gasteiger charge is 2.48. The first-order chi connectivity index (χ1) is 11.0. The summed E-state index contributed by atoms with van der Waals surface area (Å²) >= 11 is 12.3. The maximum atomic E-state index is 10.5. The normalized spacial score (nSPS) is 33.8. The van der Waals surface area contributed by atoms with Gasteiger partial charge in [0.05, 0.1) is 21.9 Å². The van der Waals surface area contributed by atoms with E-state index in [0.29, 0.717) is 21.9 Å². The Morgan fingerprint density at radius 2 is 2.04 bits per heavy atom. The van der Waals surface area contributed by atoms with Crippen LogP contribution < -0.4 is 0 Å². The predicted molar refractivity (Wildman–Crippen MR) is 94.3 cm³/mol. The highest BCUT2D eigenvalue weighted by molar-refractivity contribution is 6.42. The first-order valence-corrected chi connectivity index (χ1v) is 9.03. The monoisotopic (exact) mass is 355 g/mol. The minimum atomic E-state index is -0.244. The fraction of sp³-hybridized carbons (Fsp3) is 0.611. The number of nitrogens with zero attached hydrogens (tertiary/aromatic N) is 1. The van der Waals surface area contributed by atoms with E-state index in [4.69, 9.17) is 28.0 Å². The van der Waals surface area contributed by atoms with Crippen molar-refractivity contribution in [1.29, 1.82) is 0 Å². The van der Waals surface area contributed by atoms with Gasteiger partial charge in [0.15, 0.2) is 0 Å². The highest BCUT2D eigenvalue weighted by atomic mass is 35.5. The van der Waals surface area contributed by atoms with E-state index in [1.807, 2.05) is 12.1 Å². The Kier molecular flexibility index (Phi) is 5.19. The molecule has 0 radical (unpaired) electrons. The van der Waals surface area contributed by atoms with Crippen LogP contribution in [0.2, 0.25) is 10.0 Å². The van der Waals surface area contributed by atoms with Gasteiger partial charge >= 0.3 is 0 Å². The molecule has 3 rings (SSSR count). The molecule has 0 saturated heterocycles. The molecule has 126 valence electrons. The molecule has 5 atom stereocenters. The van der Waals surface area contributed by atoms with Gasteiger partial charge in [-0.15, -0.1) is 0 Å². The lowest BCUT2D eigenvalue weighted by Crippen LogP contribution is -2.36. The zero-order valence-corrected chi connectivity index (χ0v) is 15.0. The fourth-order valence-corrected chi connectivity index (χ4v) is 4.89. The molecule has 0 amide bonds. The molecule has 2 aliphatic rings. The van der Waals surface area contributed by atoms with Crippen LogP contribution in [-0.2, 0) is 4.84 Å². The topological polar surface area (TPSA) is 41.8 Å². The van der Waals surface area contributed by atoms with E-state index in [0.717, 1.165) is 31.4 Å². The SMILES string of the molecule is CCC(=NOC)[C@H]1[C@@H](c2ccc(Cl)c(Cl)c2)CC2CC(O)[C@@H]1C2. The Hall–Kier alpha value is -0.770. The van der Waals surface area contributed by atoms with E-state index in [2.05, 4.69) is 18.1 Å². The Morgan fingerprint density at radius 1 is 1.26 bits per heavy atom. The zero-order valence-electron chi connectivity index (χ0n) is 13.5. The number of oxime groups is 1. The third-order valence-electron chi connectivity index (χ3n) is 5.48. The summed E-state index contributed by atoms with van der Waals surface area (Å²) in [7, 11) is 1.58. The van der Waals surface area contributed by atoms with Gasteiger partial charge in [-0.25, -0.2) is 0 Å². The minimum Gasteiger partial charge on any atom is -0.399 e. The van der Waals surface area contributed by atoms with Crippen LogP contribution in [0, 0.1) is 17.8 Å². The van der Waals surface area contributed by atoms with Crippen LogP contribution in [-0.4, -0.2) is 24.0 Å². The lowest BCUT2D eigenvalue weighted by atomic mass is 9.67. The molecular weight excluding hydrogens is 333 g/mol. The summed E-state index contributed by atoms with van der Waals surface area (Å²) in [5, 5.41) is 15.9. The third kappa shape index (κ3) is 3.24. The van der Waals surface area contributed by atoms with Crippen LogP contribution in [0.1, 0.15) is 44.1 Å². The molecule has 2 fully saturated rings. The first-order valence-electron chi connectivity index (χ1n) is 8.28. The van der Waals surface area contributed by atoms with Crippen LogP contribution in [0.5, 0.6) is 0 Å². The molecule has 2 aliphatic carbocycles. The van der Waals surface area contributed by atoms with E-state index in [1.54, 1.807) is 7.11 Å². The summed E-state index contributed by atoms with van der Waals surface area (Å²) in [4.78, 5) is 5.08. The van der Waals surface area contributed by atoms with Crippen molar-refractivity contribution in [2.24, 2.45) is 22.9 Å². The van der Waals surface area contributed by atoms with Gasteiger partial charge in [0.1, 0.15) is 7.11 Å². The average Bonchev–Trinajstić information content (AvgIpc) is 2.83. The molecule has 1 aromatic carbocycles. The predicted octanol–water partition coefficient (Wildman–Crippen LogP) is 4.90. The Bertz CT molecular complexity index is 605. The van der Waals surface area contributed by atoms with Crippen molar-refractivity contribution >= 4 is 28.9 Å².